The smallest absolute Gasteiger partial charge is 0.298 e. The van der Waals surface area contributed by atoms with Gasteiger partial charge in [0.1, 0.15) is 17.8 Å². The Bertz CT molecular complexity index is 1570. The Morgan fingerprint density at radius 3 is 1.53 bits per heavy atom. The van der Waals surface area contributed by atoms with Crippen molar-refractivity contribution in [3.8, 4) is 0 Å². The quantitative estimate of drug-likeness (QED) is 0.190. The molecule has 1 aliphatic heterocycles. The molecule has 226 valence electrons. The lowest BCUT2D eigenvalue weighted by molar-refractivity contribution is -0.348. The van der Waals surface area contributed by atoms with E-state index in [1.54, 1.807) is 115 Å². The van der Waals surface area contributed by atoms with Crippen LogP contribution >= 0.6 is 0 Å². The van der Waals surface area contributed by atoms with Gasteiger partial charge in [0.25, 0.3) is 10.1 Å². The first-order chi connectivity index (χ1) is 20.6. The summed E-state index contributed by atoms with van der Waals surface area (Å²) in [6.45, 7) is -1.01. The van der Waals surface area contributed by atoms with Gasteiger partial charge in [0, 0.05) is 19.3 Å². The highest BCUT2D eigenvalue weighted by Gasteiger charge is 2.76. The molecule has 0 amide bonds. The van der Waals surface area contributed by atoms with Crippen molar-refractivity contribution in [3.05, 3.63) is 144 Å². The molecule has 1 heterocycles. The summed E-state index contributed by atoms with van der Waals surface area (Å²) in [4.78, 5) is -2.68. The van der Waals surface area contributed by atoms with Crippen LogP contribution in [0, 0.1) is 0 Å². The van der Waals surface area contributed by atoms with Crippen molar-refractivity contribution in [2.75, 3.05) is 6.61 Å². The number of hydrogen-bond donors (Lipinski definition) is 4. The molecule has 0 aromatic heterocycles. The van der Waals surface area contributed by atoms with Crippen LogP contribution in [-0.2, 0) is 45.5 Å². The molecule has 4 N–H and O–H groups in total. The molecule has 4 aromatic rings. The Labute approximate surface area is 251 Å². The van der Waals surface area contributed by atoms with Gasteiger partial charge in [-0.15, -0.1) is 0 Å². The highest BCUT2D eigenvalue weighted by Crippen LogP contribution is 2.54. The van der Waals surface area contributed by atoms with Gasteiger partial charge in [-0.3, -0.25) is 4.55 Å². The van der Waals surface area contributed by atoms with E-state index in [9.17, 15) is 28.3 Å². The maximum absolute atomic E-state index is 13.9. The van der Waals surface area contributed by atoms with Gasteiger partial charge in [0.2, 0.25) is 4.93 Å². The minimum Gasteiger partial charge on any atom is -0.394 e. The van der Waals surface area contributed by atoms with Crippen molar-refractivity contribution in [2.45, 2.75) is 54.2 Å². The summed E-state index contributed by atoms with van der Waals surface area (Å²) in [6.07, 6.45) is -4.39. The van der Waals surface area contributed by atoms with Gasteiger partial charge in [-0.05, 0) is 22.3 Å². The van der Waals surface area contributed by atoms with Crippen LogP contribution in [0.25, 0.3) is 0 Å². The van der Waals surface area contributed by atoms with E-state index in [0.717, 1.165) is 0 Å². The number of benzene rings is 4. The number of aliphatic hydroxyl groups is 3. The molecular formula is C34H36O8S. The third-order valence-corrected chi connectivity index (χ3v) is 9.72. The first-order valence-corrected chi connectivity index (χ1v) is 15.5. The SMILES string of the molecule is O=S(=O)(O)C1(Cc2ccccc2)O[C@H](CO)[C@@H](O)[C@@](O)(Cc2ccccc2)[C@@]1(Cc1ccccc1)OCc1ccccc1. The standard InChI is InChI=1S/C34H36O8S/c35-24-30-31(36)32(37,21-26-13-5-1-6-14-26)33(22-27-15-7-2-8-16-27,41-25-29-19-11-4-12-20-29)34(42-30,43(38,39)40)23-28-17-9-3-10-18-28/h1-20,30-31,35-37H,21-25H2,(H,38,39,40)/t30-,31-,32+,33-,34?/m1/s1. The number of ether oxygens (including phenoxy) is 2. The molecule has 5 rings (SSSR count). The Morgan fingerprint density at radius 2 is 1.09 bits per heavy atom. The lowest BCUT2D eigenvalue weighted by Crippen LogP contribution is -2.83. The van der Waals surface area contributed by atoms with Crippen LogP contribution in [0.15, 0.2) is 121 Å². The molecule has 9 heteroatoms. The molecule has 0 radical (unpaired) electrons. The predicted octanol–water partition coefficient (Wildman–Crippen LogP) is 3.74. The summed E-state index contributed by atoms with van der Waals surface area (Å²) >= 11 is 0. The molecule has 8 nitrogen and oxygen atoms in total. The fourth-order valence-electron chi connectivity index (χ4n) is 6.22. The molecule has 43 heavy (non-hydrogen) atoms. The third kappa shape index (κ3) is 5.90. The number of aliphatic hydroxyl groups excluding tert-OH is 2. The van der Waals surface area contributed by atoms with Crippen molar-refractivity contribution in [1.82, 2.24) is 0 Å². The Balaban J connectivity index is 1.84. The first-order valence-electron chi connectivity index (χ1n) is 14.1. The van der Waals surface area contributed by atoms with E-state index in [4.69, 9.17) is 9.47 Å². The largest absolute Gasteiger partial charge is 0.394 e. The Hall–Kier alpha value is -3.41. The second kappa shape index (κ2) is 12.7. The zero-order valence-electron chi connectivity index (χ0n) is 23.6. The second-order valence-electron chi connectivity index (χ2n) is 11.0. The van der Waals surface area contributed by atoms with E-state index in [1.165, 1.54) is 0 Å². The van der Waals surface area contributed by atoms with Crippen LogP contribution in [-0.4, -0.2) is 63.2 Å². The van der Waals surface area contributed by atoms with Gasteiger partial charge < -0.3 is 24.8 Å². The molecule has 0 aliphatic carbocycles. The van der Waals surface area contributed by atoms with E-state index in [1.807, 2.05) is 6.07 Å². The lowest BCUT2D eigenvalue weighted by atomic mass is 9.64. The molecule has 1 fully saturated rings. The molecule has 5 atom stereocenters. The minimum atomic E-state index is -5.28. The van der Waals surface area contributed by atoms with Gasteiger partial charge in [-0.1, -0.05) is 121 Å². The summed E-state index contributed by atoms with van der Waals surface area (Å²) in [5.74, 6) is 0. The van der Waals surface area contributed by atoms with E-state index in [2.05, 4.69) is 0 Å². The van der Waals surface area contributed by atoms with Crippen LogP contribution in [0.2, 0.25) is 0 Å². The van der Waals surface area contributed by atoms with Gasteiger partial charge in [-0.2, -0.15) is 8.42 Å². The number of hydrogen-bond acceptors (Lipinski definition) is 7. The highest BCUT2D eigenvalue weighted by molar-refractivity contribution is 7.87. The average Bonchev–Trinajstić information content (AvgIpc) is 3.02. The lowest BCUT2D eigenvalue weighted by Gasteiger charge is -2.62. The number of rotatable bonds is 11. The van der Waals surface area contributed by atoms with Crippen LogP contribution in [0.3, 0.4) is 0 Å². The molecule has 1 unspecified atom stereocenters. The third-order valence-electron chi connectivity index (χ3n) is 8.31. The summed E-state index contributed by atoms with van der Waals surface area (Å²) in [6, 6.07) is 35.2. The maximum atomic E-state index is 13.9. The predicted molar refractivity (Wildman–Crippen MR) is 162 cm³/mol. The van der Waals surface area contributed by atoms with Crippen LogP contribution in [0.4, 0.5) is 0 Å². The fourth-order valence-corrected chi connectivity index (χ4v) is 7.54. The summed E-state index contributed by atoms with van der Waals surface area (Å²) in [5.41, 5.74) is -2.44. The highest BCUT2D eigenvalue weighted by atomic mass is 32.2. The van der Waals surface area contributed by atoms with Gasteiger partial charge in [-0.25, -0.2) is 0 Å². The maximum Gasteiger partial charge on any atom is 0.298 e. The van der Waals surface area contributed by atoms with Crippen LogP contribution in [0.1, 0.15) is 22.3 Å². The normalized spacial score (nSPS) is 27.5. The molecular weight excluding hydrogens is 568 g/mol. The molecule has 0 spiro atoms. The molecule has 1 saturated heterocycles. The summed E-state index contributed by atoms with van der Waals surface area (Å²) in [7, 11) is -5.28. The average molecular weight is 605 g/mol. The second-order valence-corrected chi connectivity index (χ2v) is 12.6. The van der Waals surface area contributed by atoms with E-state index in [0.29, 0.717) is 22.3 Å². The minimum absolute atomic E-state index is 0.184. The fraction of sp³-hybridized carbons (Fsp3) is 0.294. The van der Waals surface area contributed by atoms with Gasteiger partial charge in [0.05, 0.1) is 13.2 Å². The zero-order chi connectivity index (χ0) is 30.6. The van der Waals surface area contributed by atoms with E-state index >= 15 is 0 Å². The molecule has 0 bridgehead atoms. The van der Waals surface area contributed by atoms with Crippen molar-refractivity contribution in [1.29, 1.82) is 0 Å². The van der Waals surface area contributed by atoms with Crippen LogP contribution in [0.5, 0.6) is 0 Å². The van der Waals surface area contributed by atoms with Crippen molar-refractivity contribution in [3.63, 3.8) is 0 Å². The zero-order valence-corrected chi connectivity index (χ0v) is 24.4. The Morgan fingerprint density at radius 1 is 0.674 bits per heavy atom. The van der Waals surface area contributed by atoms with Crippen molar-refractivity contribution >= 4 is 10.1 Å². The topological polar surface area (TPSA) is 134 Å². The van der Waals surface area contributed by atoms with Crippen molar-refractivity contribution < 1.29 is 37.8 Å². The first kappa shape index (κ1) is 31.0. The van der Waals surface area contributed by atoms with E-state index in [-0.39, 0.29) is 19.4 Å². The molecule has 4 aromatic carbocycles. The summed E-state index contributed by atoms with van der Waals surface area (Å²) < 4.78 is 51.9. The molecule has 1 aliphatic rings. The van der Waals surface area contributed by atoms with Gasteiger partial charge in [0.15, 0.2) is 5.60 Å². The van der Waals surface area contributed by atoms with E-state index < -0.39 is 51.5 Å². The van der Waals surface area contributed by atoms with Gasteiger partial charge >= 0.3 is 0 Å². The van der Waals surface area contributed by atoms with Crippen molar-refractivity contribution in [2.24, 2.45) is 0 Å². The summed E-state index contributed by atoms with van der Waals surface area (Å²) in [5, 5.41) is 35.2. The monoisotopic (exact) mass is 604 g/mol. The molecule has 0 saturated carbocycles. The Kier molecular flexibility index (Phi) is 9.15. The van der Waals surface area contributed by atoms with Crippen LogP contribution < -0.4 is 0 Å².